The van der Waals surface area contributed by atoms with E-state index < -0.39 is 5.54 Å². The summed E-state index contributed by atoms with van der Waals surface area (Å²) >= 11 is 0. The quantitative estimate of drug-likeness (QED) is 0.434. The lowest BCUT2D eigenvalue weighted by Gasteiger charge is -2.38. The van der Waals surface area contributed by atoms with Gasteiger partial charge in [0.05, 0.1) is 6.54 Å². The van der Waals surface area contributed by atoms with Crippen LogP contribution in [0.1, 0.15) is 69.4 Å². The van der Waals surface area contributed by atoms with Crippen molar-refractivity contribution in [3.05, 3.63) is 96.3 Å². The highest BCUT2D eigenvalue weighted by Gasteiger charge is 2.39. The van der Waals surface area contributed by atoms with Crippen LogP contribution in [0.5, 0.6) is 0 Å². The molecule has 1 amide bonds. The molecule has 0 spiro atoms. The number of amides is 1. The number of aliphatic imine (C=N–C) groups is 1. The van der Waals surface area contributed by atoms with Crippen LogP contribution in [0.25, 0.3) is 0 Å². The first kappa shape index (κ1) is 24.5. The molecule has 174 valence electrons. The topological polar surface area (TPSA) is 53.5 Å². The van der Waals surface area contributed by atoms with Gasteiger partial charge >= 0.3 is 0 Å². The monoisotopic (exact) mass is 443 g/mol. The predicted molar refractivity (Wildman–Crippen MR) is 138 cm³/mol. The van der Waals surface area contributed by atoms with Crippen LogP contribution >= 0.6 is 0 Å². The Labute approximate surface area is 198 Å². The molecular formula is C29H37N3O. The molecular weight excluding hydrogens is 406 g/mol. The molecule has 4 nitrogen and oxygen atoms in total. The molecule has 3 rings (SSSR count). The SMILES string of the molecule is C=C(CC(c1ccccc1)c1ccccc1)NC1(C(=O)NCC(C)=N/C=C\C)CCCCC1. The van der Waals surface area contributed by atoms with Gasteiger partial charge in [0.25, 0.3) is 0 Å². The summed E-state index contributed by atoms with van der Waals surface area (Å²) in [6.07, 6.45) is 9.28. The van der Waals surface area contributed by atoms with Crippen molar-refractivity contribution in [1.82, 2.24) is 10.6 Å². The van der Waals surface area contributed by atoms with Gasteiger partial charge in [0.15, 0.2) is 0 Å². The van der Waals surface area contributed by atoms with E-state index in [1.54, 1.807) is 6.20 Å². The van der Waals surface area contributed by atoms with Crippen LogP contribution in [0.15, 0.2) is 90.2 Å². The number of carbonyl (C=O) groups excluding carboxylic acids is 1. The highest BCUT2D eigenvalue weighted by atomic mass is 16.2. The summed E-state index contributed by atoms with van der Waals surface area (Å²) in [5, 5.41) is 6.73. The summed E-state index contributed by atoms with van der Waals surface area (Å²) in [4.78, 5) is 17.7. The second-order valence-corrected chi connectivity index (χ2v) is 8.98. The number of nitrogens with one attached hydrogen (secondary N) is 2. The van der Waals surface area contributed by atoms with Crippen molar-refractivity contribution in [2.75, 3.05) is 6.54 Å². The molecule has 2 aromatic rings. The van der Waals surface area contributed by atoms with Gasteiger partial charge in [-0.2, -0.15) is 0 Å². The number of rotatable bonds is 10. The zero-order valence-corrected chi connectivity index (χ0v) is 20.0. The van der Waals surface area contributed by atoms with Crippen LogP contribution < -0.4 is 10.6 Å². The first-order chi connectivity index (χ1) is 16.0. The van der Waals surface area contributed by atoms with Gasteiger partial charge < -0.3 is 10.6 Å². The van der Waals surface area contributed by atoms with Gasteiger partial charge in [0.2, 0.25) is 5.91 Å². The summed E-state index contributed by atoms with van der Waals surface area (Å²) in [6.45, 7) is 8.70. The van der Waals surface area contributed by atoms with Gasteiger partial charge in [-0.1, -0.05) is 92.6 Å². The normalized spacial score (nSPS) is 16.0. The van der Waals surface area contributed by atoms with Crippen molar-refractivity contribution in [2.24, 2.45) is 4.99 Å². The largest absolute Gasteiger partial charge is 0.375 e. The summed E-state index contributed by atoms with van der Waals surface area (Å²) in [7, 11) is 0. The van der Waals surface area contributed by atoms with Crippen molar-refractivity contribution in [3.8, 4) is 0 Å². The van der Waals surface area contributed by atoms with E-state index in [4.69, 9.17) is 0 Å². The Bertz CT molecular complexity index is 917. The number of benzene rings is 2. The fraction of sp³-hybridized carbons (Fsp3) is 0.379. The predicted octanol–water partition coefficient (Wildman–Crippen LogP) is 6.13. The maximum absolute atomic E-state index is 13.4. The van der Waals surface area contributed by atoms with E-state index in [1.165, 1.54) is 17.5 Å². The Morgan fingerprint density at radius 2 is 1.61 bits per heavy atom. The van der Waals surface area contributed by atoms with Gasteiger partial charge in [0, 0.05) is 23.5 Å². The van der Waals surface area contributed by atoms with Gasteiger partial charge in [-0.15, -0.1) is 0 Å². The molecule has 0 aliphatic heterocycles. The maximum Gasteiger partial charge on any atom is 0.245 e. The van der Waals surface area contributed by atoms with E-state index in [-0.39, 0.29) is 11.8 Å². The van der Waals surface area contributed by atoms with Gasteiger partial charge in [-0.3, -0.25) is 9.79 Å². The Kier molecular flexibility index (Phi) is 9.05. The van der Waals surface area contributed by atoms with Crippen LogP contribution in [-0.4, -0.2) is 23.7 Å². The van der Waals surface area contributed by atoms with E-state index in [0.717, 1.165) is 43.5 Å². The van der Waals surface area contributed by atoms with Crippen molar-refractivity contribution >= 4 is 11.6 Å². The fourth-order valence-electron chi connectivity index (χ4n) is 4.62. The molecule has 0 atom stereocenters. The summed E-state index contributed by atoms with van der Waals surface area (Å²) < 4.78 is 0. The maximum atomic E-state index is 13.4. The van der Waals surface area contributed by atoms with Crippen molar-refractivity contribution in [2.45, 2.75) is 63.8 Å². The summed E-state index contributed by atoms with van der Waals surface area (Å²) in [5.41, 5.74) is 3.70. The standard InChI is InChI=1S/C29H37N3O/c1-4-20-30-24(3)22-31-28(33)29(18-12-7-13-19-29)32-23(2)21-27(25-14-8-5-9-15-25)26-16-10-6-11-17-26/h4-6,8-11,14-17,20,27,32H,2,7,12-13,18-19,21-22H2,1,3H3,(H,31,33)/b20-4-,30-24?. The smallest absolute Gasteiger partial charge is 0.245 e. The van der Waals surface area contributed by atoms with E-state index >= 15 is 0 Å². The van der Waals surface area contributed by atoms with Crippen LogP contribution in [0.3, 0.4) is 0 Å². The molecule has 0 saturated heterocycles. The van der Waals surface area contributed by atoms with E-state index in [2.05, 4.69) is 70.7 Å². The molecule has 0 radical (unpaired) electrons. The van der Waals surface area contributed by atoms with Gasteiger partial charge in [0.1, 0.15) is 5.54 Å². The molecule has 2 aromatic carbocycles. The number of carbonyl (C=O) groups is 1. The molecule has 0 heterocycles. The molecule has 1 aliphatic rings. The second-order valence-electron chi connectivity index (χ2n) is 8.98. The molecule has 0 unspecified atom stereocenters. The third kappa shape index (κ3) is 6.92. The summed E-state index contributed by atoms with van der Waals surface area (Å²) in [6, 6.07) is 21.1. The Morgan fingerprint density at radius 1 is 1.03 bits per heavy atom. The lowest BCUT2D eigenvalue weighted by Crippen LogP contribution is -2.58. The first-order valence-corrected chi connectivity index (χ1v) is 12.0. The van der Waals surface area contributed by atoms with Crippen LogP contribution in [0.2, 0.25) is 0 Å². The minimum Gasteiger partial charge on any atom is -0.375 e. The Balaban J connectivity index is 1.75. The third-order valence-electron chi connectivity index (χ3n) is 6.36. The Morgan fingerprint density at radius 3 is 2.15 bits per heavy atom. The van der Waals surface area contributed by atoms with Gasteiger partial charge in [-0.05, 0) is 44.2 Å². The Hall–Kier alpha value is -3.14. The molecule has 2 N–H and O–H groups in total. The number of hydrogen-bond donors (Lipinski definition) is 2. The van der Waals surface area contributed by atoms with E-state index in [1.807, 2.05) is 32.1 Å². The third-order valence-corrected chi connectivity index (χ3v) is 6.36. The summed E-state index contributed by atoms with van der Waals surface area (Å²) in [5.74, 6) is 0.237. The fourth-order valence-corrected chi connectivity index (χ4v) is 4.62. The molecule has 1 aliphatic carbocycles. The zero-order valence-electron chi connectivity index (χ0n) is 20.0. The molecule has 0 bridgehead atoms. The number of nitrogens with zero attached hydrogens (tertiary/aromatic N) is 1. The minimum atomic E-state index is -0.603. The second kappa shape index (κ2) is 12.2. The van der Waals surface area contributed by atoms with Gasteiger partial charge in [-0.25, -0.2) is 0 Å². The van der Waals surface area contributed by atoms with Crippen molar-refractivity contribution in [3.63, 3.8) is 0 Å². The average molecular weight is 444 g/mol. The number of allylic oxidation sites excluding steroid dienone is 2. The number of hydrogen-bond acceptors (Lipinski definition) is 3. The molecule has 1 saturated carbocycles. The first-order valence-electron chi connectivity index (χ1n) is 12.0. The molecule has 4 heteroatoms. The van der Waals surface area contributed by atoms with Crippen molar-refractivity contribution < 1.29 is 4.79 Å². The molecule has 0 aromatic heterocycles. The van der Waals surface area contributed by atoms with E-state index in [0.29, 0.717) is 6.54 Å². The van der Waals surface area contributed by atoms with Crippen LogP contribution in [0.4, 0.5) is 0 Å². The van der Waals surface area contributed by atoms with Crippen molar-refractivity contribution in [1.29, 1.82) is 0 Å². The highest BCUT2D eigenvalue weighted by Crippen LogP contribution is 2.33. The average Bonchev–Trinajstić information content (AvgIpc) is 2.86. The zero-order chi connectivity index (χ0) is 23.5. The van der Waals surface area contributed by atoms with E-state index in [9.17, 15) is 4.79 Å². The molecule has 1 fully saturated rings. The molecule has 33 heavy (non-hydrogen) atoms. The highest BCUT2D eigenvalue weighted by molar-refractivity contribution is 5.92. The lowest BCUT2D eigenvalue weighted by molar-refractivity contribution is -0.128. The van der Waals surface area contributed by atoms with Crippen LogP contribution in [-0.2, 0) is 4.79 Å². The van der Waals surface area contributed by atoms with Crippen LogP contribution in [0, 0.1) is 0 Å². The minimum absolute atomic E-state index is 0.0503. The lowest BCUT2D eigenvalue weighted by atomic mass is 9.79.